The Morgan fingerprint density at radius 1 is 1.42 bits per heavy atom. The van der Waals surface area contributed by atoms with Gasteiger partial charge in [0.15, 0.2) is 0 Å². The van der Waals surface area contributed by atoms with Crippen LogP contribution in [0.4, 0.5) is 0 Å². The number of guanidine groups is 1. The lowest BCUT2D eigenvalue weighted by Gasteiger charge is -2.15. The first-order chi connectivity index (χ1) is 5.72. The molecule has 0 saturated heterocycles. The maximum absolute atomic E-state index is 8.48. The lowest BCUT2D eigenvalue weighted by molar-refractivity contribution is 0.279. The van der Waals surface area contributed by atoms with E-state index in [2.05, 4.69) is 5.16 Å². The highest BCUT2D eigenvalue weighted by Gasteiger charge is 2.00. The standard InChI is InChI=1S/C7H17N3O2/c1-10(7(8)9-12)5-3-2-4-6-11/h11-12H,2-6H2,1H3,(H2,8,9). The number of oxime groups is 1. The van der Waals surface area contributed by atoms with E-state index in [0.29, 0.717) is 0 Å². The van der Waals surface area contributed by atoms with Crippen molar-refractivity contribution in [3.05, 3.63) is 0 Å². The lowest BCUT2D eigenvalue weighted by Crippen LogP contribution is -2.34. The predicted molar refractivity (Wildman–Crippen MR) is 47.0 cm³/mol. The van der Waals surface area contributed by atoms with Crippen LogP contribution >= 0.6 is 0 Å². The molecule has 72 valence electrons. The summed E-state index contributed by atoms with van der Waals surface area (Å²) >= 11 is 0. The number of nitrogens with two attached hydrogens (primary N) is 1. The summed E-state index contributed by atoms with van der Waals surface area (Å²) in [6.45, 7) is 0.975. The van der Waals surface area contributed by atoms with Gasteiger partial charge in [-0.1, -0.05) is 5.16 Å². The molecule has 4 N–H and O–H groups in total. The van der Waals surface area contributed by atoms with Gasteiger partial charge in [-0.05, 0) is 19.3 Å². The fraction of sp³-hybridized carbons (Fsp3) is 0.857. The van der Waals surface area contributed by atoms with Gasteiger partial charge in [-0.25, -0.2) is 0 Å². The zero-order valence-corrected chi connectivity index (χ0v) is 7.40. The average molecular weight is 175 g/mol. The van der Waals surface area contributed by atoms with Crippen LogP contribution in [0.3, 0.4) is 0 Å². The first kappa shape index (κ1) is 11.0. The Bertz CT molecular complexity index is 139. The minimum atomic E-state index is 0.124. The zero-order chi connectivity index (χ0) is 9.40. The number of rotatable bonds is 5. The molecule has 0 aliphatic rings. The third-order valence-corrected chi connectivity index (χ3v) is 1.65. The molecule has 0 aliphatic heterocycles. The number of nitrogens with zero attached hydrogens (tertiary/aromatic N) is 2. The zero-order valence-electron chi connectivity index (χ0n) is 7.40. The summed E-state index contributed by atoms with van der Waals surface area (Å²) in [5.41, 5.74) is 5.31. The van der Waals surface area contributed by atoms with Crippen molar-refractivity contribution in [2.45, 2.75) is 19.3 Å². The van der Waals surface area contributed by atoms with Crippen molar-refractivity contribution in [1.82, 2.24) is 4.90 Å². The number of unbranched alkanes of at least 4 members (excludes halogenated alkanes) is 2. The van der Waals surface area contributed by atoms with E-state index in [-0.39, 0.29) is 12.6 Å². The van der Waals surface area contributed by atoms with E-state index in [0.717, 1.165) is 25.8 Å². The molecule has 0 aliphatic carbocycles. The van der Waals surface area contributed by atoms with Crippen molar-refractivity contribution in [1.29, 1.82) is 0 Å². The topological polar surface area (TPSA) is 82.1 Å². The summed E-state index contributed by atoms with van der Waals surface area (Å²) < 4.78 is 0. The fourth-order valence-electron chi connectivity index (χ4n) is 0.828. The molecule has 0 aromatic rings. The fourth-order valence-corrected chi connectivity index (χ4v) is 0.828. The molecule has 0 spiro atoms. The summed E-state index contributed by atoms with van der Waals surface area (Å²) in [7, 11) is 1.76. The summed E-state index contributed by atoms with van der Waals surface area (Å²) in [6.07, 6.45) is 2.71. The van der Waals surface area contributed by atoms with E-state index in [1.54, 1.807) is 11.9 Å². The van der Waals surface area contributed by atoms with Crippen LogP contribution in [0.25, 0.3) is 0 Å². The first-order valence-corrected chi connectivity index (χ1v) is 4.02. The van der Waals surface area contributed by atoms with Crippen LogP contribution in [0.1, 0.15) is 19.3 Å². The third-order valence-electron chi connectivity index (χ3n) is 1.65. The second-order valence-electron chi connectivity index (χ2n) is 2.66. The highest BCUT2D eigenvalue weighted by Crippen LogP contribution is 1.95. The molecule has 5 nitrogen and oxygen atoms in total. The Balaban J connectivity index is 3.37. The number of aliphatic hydroxyl groups is 1. The van der Waals surface area contributed by atoms with Gasteiger partial charge in [0, 0.05) is 20.2 Å². The van der Waals surface area contributed by atoms with E-state index in [9.17, 15) is 0 Å². The van der Waals surface area contributed by atoms with Gasteiger partial charge in [0.05, 0.1) is 0 Å². The molecule has 0 amide bonds. The number of aliphatic hydroxyl groups excluding tert-OH is 1. The van der Waals surface area contributed by atoms with Gasteiger partial charge < -0.3 is 20.9 Å². The normalized spacial score (nSPS) is 11.7. The van der Waals surface area contributed by atoms with E-state index in [4.69, 9.17) is 16.0 Å². The molecule has 0 aromatic carbocycles. The second-order valence-corrected chi connectivity index (χ2v) is 2.66. The van der Waals surface area contributed by atoms with Crippen LogP contribution in [0.15, 0.2) is 5.16 Å². The molecular formula is C7H17N3O2. The van der Waals surface area contributed by atoms with Gasteiger partial charge >= 0.3 is 0 Å². The molecule has 12 heavy (non-hydrogen) atoms. The smallest absolute Gasteiger partial charge is 0.233 e. The lowest BCUT2D eigenvalue weighted by atomic mass is 10.2. The maximum Gasteiger partial charge on any atom is 0.233 e. The van der Waals surface area contributed by atoms with Crippen molar-refractivity contribution < 1.29 is 10.3 Å². The summed E-state index contributed by atoms with van der Waals surface area (Å²) in [5.74, 6) is 0.124. The monoisotopic (exact) mass is 175 g/mol. The van der Waals surface area contributed by atoms with Gasteiger partial charge in [-0.15, -0.1) is 0 Å². The minimum Gasteiger partial charge on any atom is -0.408 e. The Morgan fingerprint density at radius 2 is 2.08 bits per heavy atom. The molecule has 0 radical (unpaired) electrons. The molecule has 0 aromatic heterocycles. The van der Waals surface area contributed by atoms with Crippen molar-refractivity contribution in [2.75, 3.05) is 20.2 Å². The highest BCUT2D eigenvalue weighted by atomic mass is 16.4. The molecule has 0 saturated carbocycles. The largest absolute Gasteiger partial charge is 0.408 e. The maximum atomic E-state index is 8.48. The van der Waals surface area contributed by atoms with E-state index >= 15 is 0 Å². The van der Waals surface area contributed by atoms with Gasteiger partial charge in [-0.3, -0.25) is 0 Å². The average Bonchev–Trinajstić information content (AvgIpc) is 2.10. The van der Waals surface area contributed by atoms with E-state index in [1.807, 2.05) is 0 Å². The Kier molecular flexibility index (Phi) is 6.18. The molecule has 5 heteroatoms. The van der Waals surface area contributed by atoms with Crippen LogP contribution in [0, 0.1) is 0 Å². The van der Waals surface area contributed by atoms with Crippen molar-refractivity contribution in [3.8, 4) is 0 Å². The van der Waals surface area contributed by atoms with Crippen LogP contribution in [0.5, 0.6) is 0 Å². The van der Waals surface area contributed by atoms with Crippen LogP contribution in [-0.4, -0.2) is 41.4 Å². The van der Waals surface area contributed by atoms with Crippen molar-refractivity contribution in [2.24, 2.45) is 10.9 Å². The Morgan fingerprint density at radius 3 is 2.58 bits per heavy atom. The number of hydrogen-bond donors (Lipinski definition) is 3. The number of hydrogen-bond acceptors (Lipinski definition) is 3. The first-order valence-electron chi connectivity index (χ1n) is 4.02. The molecule has 0 heterocycles. The van der Waals surface area contributed by atoms with Crippen LogP contribution in [0.2, 0.25) is 0 Å². The quantitative estimate of drug-likeness (QED) is 0.177. The van der Waals surface area contributed by atoms with Gasteiger partial charge in [-0.2, -0.15) is 0 Å². The van der Waals surface area contributed by atoms with Crippen molar-refractivity contribution >= 4 is 5.96 Å². The summed E-state index contributed by atoms with van der Waals surface area (Å²) in [4.78, 5) is 1.66. The Labute approximate surface area is 72.5 Å². The minimum absolute atomic E-state index is 0.124. The third kappa shape index (κ3) is 4.79. The van der Waals surface area contributed by atoms with E-state index < -0.39 is 0 Å². The summed E-state index contributed by atoms with van der Waals surface area (Å²) in [5, 5.41) is 19.6. The Hall–Kier alpha value is -0.970. The summed E-state index contributed by atoms with van der Waals surface area (Å²) in [6, 6.07) is 0. The molecule has 0 bridgehead atoms. The van der Waals surface area contributed by atoms with Crippen molar-refractivity contribution in [3.63, 3.8) is 0 Å². The molecule has 0 fully saturated rings. The SMILES string of the molecule is CN(CCCCCO)C(N)=NO. The van der Waals surface area contributed by atoms with Gasteiger partial charge in [0.25, 0.3) is 0 Å². The molecule has 0 unspecified atom stereocenters. The molecular weight excluding hydrogens is 158 g/mol. The second kappa shape index (κ2) is 6.72. The van der Waals surface area contributed by atoms with Gasteiger partial charge in [0.1, 0.15) is 0 Å². The highest BCUT2D eigenvalue weighted by molar-refractivity contribution is 5.76. The van der Waals surface area contributed by atoms with E-state index in [1.165, 1.54) is 0 Å². The predicted octanol–water partition coefficient (Wildman–Crippen LogP) is -0.215. The molecule has 0 atom stereocenters. The molecule has 0 rings (SSSR count). The van der Waals surface area contributed by atoms with Gasteiger partial charge in [0.2, 0.25) is 5.96 Å². The van der Waals surface area contributed by atoms with Crippen LogP contribution in [-0.2, 0) is 0 Å². The van der Waals surface area contributed by atoms with Crippen LogP contribution < -0.4 is 5.73 Å².